The van der Waals surface area contributed by atoms with Crippen molar-refractivity contribution in [1.82, 2.24) is 0 Å². The smallest absolute Gasteiger partial charge is 0.306 e. The monoisotopic (exact) mass is 416 g/mol. The Morgan fingerprint density at radius 3 is 2.52 bits per heavy atom. The van der Waals surface area contributed by atoms with Crippen LogP contribution in [0.15, 0.2) is 45.3 Å². The molecule has 0 unspecified atom stereocenters. The number of carbonyl (C=O) groups excluding carboxylic acids is 1. The highest BCUT2D eigenvalue weighted by atomic mass is 79.9. The van der Waals surface area contributed by atoms with Crippen molar-refractivity contribution in [3.63, 3.8) is 0 Å². The summed E-state index contributed by atoms with van der Waals surface area (Å²) >= 11 is 6.52. The molecule has 0 aliphatic heterocycles. The molecule has 0 saturated carbocycles. The maximum atomic E-state index is 13.2. The number of nitro groups is 1. The zero-order valence-corrected chi connectivity index (χ0v) is 13.4. The summed E-state index contributed by atoms with van der Waals surface area (Å²) < 4.78 is 14.6. The summed E-state index contributed by atoms with van der Waals surface area (Å²) in [5.74, 6) is -1.42. The topological polar surface area (TPSA) is 72.2 Å². The van der Waals surface area contributed by atoms with E-state index in [0.717, 1.165) is 16.6 Å². The van der Waals surface area contributed by atoms with Gasteiger partial charge in [-0.25, -0.2) is 0 Å². The molecule has 0 aliphatic rings. The molecule has 0 aromatic heterocycles. The molecule has 5 nitrogen and oxygen atoms in total. The number of hydrogen-bond donors (Lipinski definition) is 1. The first-order valence-corrected chi connectivity index (χ1v) is 7.17. The lowest BCUT2D eigenvalue weighted by molar-refractivity contribution is -0.387. The molecule has 0 aliphatic carbocycles. The maximum Gasteiger partial charge on any atom is 0.306 e. The number of nitrogens with one attached hydrogen (secondary N) is 1. The minimum Gasteiger partial charge on any atom is -0.322 e. The lowest BCUT2D eigenvalue weighted by Crippen LogP contribution is -2.12. The second-order valence-corrected chi connectivity index (χ2v) is 5.77. The first-order valence-electron chi connectivity index (χ1n) is 5.59. The first kappa shape index (κ1) is 15.6. The Hall–Kier alpha value is -1.80. The van der Waals surface area contributed by atoms with Crippen LogP contribution in [0.2, 0.25) is 0 Å². The maximum absolute atomic E-state index is 13.2. The number of amides is 1. The van der Waals surface area contributed by atoms with Gasteiger partial charge in [0.2, 0.25) is 5.82 Å². The van der Waals surface area contributed by atoms with Crippen LogP contribution in [0.4, 0.5) is 15.8 Å². The molecule has 108 valence electrons. The molecule has 21 heavy (non-hydrogen) atoms. The summed E-state index contributed by atoms with van der Waals surface area (Å²) in [5, 5.41) is 13.1. The molecule has 8 heteroatoms. The fraction of sp³-hybridized carbons (Fsp3) is 0. The van der Waals surface area contributed by atoms with Crippen LogP contribution >= 0.6 is 31.9 Å². The Bertz CT molecular complexity index is 737. The second kappa shape index (κ2) is 6.31. The third kappa shape index (κ3) is 3.64. The molecule has 0 heterocycles. The van der Waals surface area contributed by atoms with Crippen molar-refractivity contribution < 1.29 is 14.1 Å². The van der Waals surface area contributed by atoms with Gasteiger partial charge in [0.15, 0.2) is 0 Å². The van der Waals surface area contributed by atoms with Crippen LogP contribution in [0.25, 0.3) is 0 Å². The van der Waals surface area contributed by atoms with Crippen LogP contribution in [0.1, 0.15) is 10.4 Å². The summed E-state index contributed by atoms with van der Waals surface area (Å²) in [6.07, 6.45) is 0. The number of halogens is 3. The van der Waals surface area contributed by atoms with E-state index in [9.17, 15) is 19.3 Å². The van der Waals surface area contributed by atoms with Gasteiger partial charge in [0, 0.05) is 20.7 Å². The number of benzene rings is 2. The molecular formula is C13H7Br2FN2O3. The average Bonchev–Trinajstić information content (AvgIpc) is 2.40. The minimum atomic E-state index is -0.956. The molecule has 0 saturated heterocycles. The lowest BCUT2D eigenvalue weighted by atomic mass is 10.2. The van der Waals surface area contributed by atoms with Gasteiger partial charge in [0.25, 0.3) is 5.91 Å². The van der Waals surface area contributed by atoms with Crippen molar-refractivity contribution in [3.05, 3.63) is 66.8 Å². The molecule has 1 amide bonds. The van der Waals surface area contributed by atoms with Crippen LogP contribution in [0, 0.1) is 15.9 Å². The van der Waals surface area contributed by atoms with Crippen LogP contribution < -0.4 is 5.32 Å². The van der Waals surface area contributed by atoms with E-state index >= 15 is 0 Å². The van der Waals surface area contributed by atoms with E-state index in [2.05, 4.69) is 37.2 Å². The Balaban J connectivity index is 2.27. The Morgan fingerprint density at radius 1 is 1.19 bits per heavy atom. The van der Waals surface area contributed by atoms with Crippen LogP contribution in [0.3, 0.4) is 0 Å². The van der Waals surface area contributed by atoms with Gasteiger partial charge in [-0.15, -0.1) is 0 Å². The normalized spacial score (nSPS) is 10.2. The van der Waals surface area contributed by atoms with Crippen LogP contribution in [0.5, 0.6) is 0 Å². The largest absolute Gasteiger partial charge is 0.322 e. The van der Waals surface area contributed by atoms with Gasteiger partial charge < -0.3 is 5.32 Å². The van der Waals surface area contributed by atoms with Crippen molar-refractivity contribution >= 4 is 49.1 Å². The highest BCUT2D eigenvalue weighted by Gasteiger charge is 2.16. The van der Waals surface area contributed by atoms with Gasteiger partial charge >= 0.3 is 5.69 Å². The van der Waals surface area contributed by atoms with Gasteiger partial charge in [-0.2, -0.15) is 4.39 Å². The number of nitro benzene ring substituents is 1. The summed E-state index contributed by atoms with van der Waals surface area (Å²) in [5.41, 5.74) is -0.198. The van der Waals surface area contributed by atoms with E-state index in [0.29, 0.717) is 10.0 Å². The van der Waals surface area contributed by atoms with Crippen LogP contribution in [-0.4, -0.2) is 10.8 Å². The molecule has 0 atom stereocenters. The molecule has 0 radical (unpaired) electrons. The van der Waals surface area contributed by atoms with Crippen molar-refractivity contribution in [3.8, 4) is 0 Å². The summed E-state index contributed by atoms with van der Waals surface area (Å²) in [6, 6.07) is 8.13. The van der Waals surface area contributed by atoms with E-state index in [-0.39, 0.29) is 5.69 Å². The highest BCUT2D eigenvalue weighted by molar-refractivity contribution is 9.11. The third-order valence-corrected chi connectivity index (χ3v) is 3.73. The van der Waals surface area contributed by atoms with E-state index in [1.165, 1.54) is 6.07 Å². The zero-order valence-electron chi connectivity index (χ0n) is 10.3. The lowest BCUT2D eigenvalue weighted by Gasteiger charge is -2.07. The fourth-order valence-electron chi connectivity index (χ4n) is 1.60. The molecule has 2 aromatic rings. The fourth-order valence-corrected chi connectivity index (χ4v) is 2.83. The molecule has 2 aromatic carbocycles. The quantitative estimate of drug-likeness (QED) is 0.589. The third-order valence-electron chi connectivity index (χ3n) is 2.58. The van der Waals surface area contributed by atoms with Crippen molar-refractivity contribution in [1.29, 1.82) is 0 Å². The number of nitrogens with zero attached hydrogens (tertiary/aromatic N) is 1. The van der Waals surface area contributed by atoms with Gasteiger partial charge in [-0.05, 0) is 46.3 Å². The Kier molecular flexibility index (Phi) is 4.69. The number of rotatable bonds is 3. The Labute approximate surface area is 135 Å². The van der Waals surface area contributed by atoms with Crippen molar-refractivity contribution in [2.45, 2.75) is 0 Å². The molecule has 0 fully saturated rings. The Morgan fingerprint density at radius 2 is 1.90 bits per heavy atom. The number of anilines is 1. The molecule has 0 bridgehead atoms. The molecule has 2 rings (SSSR count). The van der Waals surface area contributed by atoms with Crippen molar-refractivity contribution in [2.24, 2.45) is 0 Å². The van der Waals surface area contributed by atoms with Crippen molar-refractivity contribution in [2.75, 3.05) is 5.32 Å². The summed E-state index contributed by atoms with van der Waals surface area (Å²) in [6.45, 7) is 0. The number of hydrogen-bond acceptors (Lipinski definition) is 3. The zero-order chi connectivity index (χ0) is 15.6. The van der Waals surface area contributed by atoms with Gasteiger partial charge in [0.1, 0.15) is 0 Å². The van der Waals surface area contributed by atoms with Gasteiger partial charge in [-0.3, -0.25) is 14.9 Å². The molecule has 1 N–H and O–H groups in total. The molecular weight excluding hydrogens is 411 g/mol. The predicted molar refractivity (Wildman–Crippen MR) is 82.8 cm³/mol. The highest BCUT2D eigenvalue weighted by Crippen LogP contribution is 2.25. The average molecular weight is 418 g/mol. The number of carbonyl (C=O) groups is 1. The van der Waals surface area contributed by atoms with Gasteiger partial charge in [-0.1, -0.05) is 15.9 Å². The van der Waals surface area contributed by atoms with E-state index in [1.807, 2.05) is 0 Å². The van der Waals surface area contributed by atoms with Gasteiger partial charge in [0.05, 0.1) is 10.5 Å². The van der Waals surface area contributed by atoms with E-state index < -0.39 is 22.3 Å². The second-order valence-electron chi connectivity index (χ2n) is 4.00. The summed E-state index contributed by atoms with van der Waals surface area (Å²) in [4.78, 5) is 21.9. The minimum absolute atomic E-state index is 0.142. The standard InChI is InChI=1S/C13H7Br2FN2O3/c14-7-1-3-9(10(15)5-7)13(19)17-8-2-4-11(16)12(6-8)18(20)21/h1-6H,(H,17,19). The van der Waals surface area contributed by atoms with E-state index in [1.54, 1.807) is 18.2 Å². The predicted octanol–water partition coefficient (Wildman–Crippen LogP) is 4.51. The molecule has 0 spiro atoms. The first-order chi connectivity index (χ1) is 9.88. The SMILES string of the molecule is O=C(Nc1ccc(F)c([N+](=O)[O-])c1)c1ccc(Br)cc1Br. The van der Waals surface area contributed by atoms with E-state index in [4.69, 9.17) is 0 Å². The summed E-state index contributed by atoms with van der Waals surface area (Å²) in [7, 11) is 0. The van der Waals surface area contributed by atoms with Crippen LogP contribution in [-0.2, 0) is 0 Å².